The Labute approximate surface area is 171 Å². The van der Waals surface area contributed by atoms with Crippen molar-refractivity contribution in [2.75, 3.05) is 44.2 Å². The monoisotopic (exact) mass is 385 g/mol. The number of amides is 1. The van der Waals surface area contributed by atoms with Crippen molar-refractivity contribution in [2.24, 2.45) is 5.41 Å². The van der Waals surface area contributed by atoms with Gasteiger partial charge in [-0.05, 0) is 88.7 Å². The normalized spacial score (nSPS) is 24.1. The van der Waals surface area contributed by atoms with Crippen LogP contribution >= 0.6 is 0 Å². The molecule has 4 rings (SSSR count). The minimum atomic E-state index is -0.0599. The molecule has 3 fully saturated rings. The summed E-state index contributed by atoms with van der Waals surface area (Å²) in [6, 6.07) is 8.43. The first-order chi connectivity index (χ1) is 13.6. The first-order valence-corrected chi connectivity index (χ1v) is 11.4. The van der Waals surface area contributed by atoms with Gasteiger partial charge in [0.15, 0.2) is 0 Å². The summed E-state index contributed by atoms with van der Waals surface area (Å²) in [4.78, 5) is 19.8. The quantitative estimate of drug-likeness (QED) is 0.755. The van der Waals surface area contributed by atoms with Crippen LogP contribution in [0.4, 0.5) is 5.69 Å². The summed E-state index contributed by atoms with van der Waals surface area (Å²) in [5.74, 6) is 0.285. The highest BCUT2D eigenvalue weighted by Crippen LogP contribution is 2.53. The molecule has 1 spiro atoms. The second-order valence-electron chi connectivity index (χ2n) is 8.73. The van der Waals surface area contributed by atoms with E-state index in [0.717, 1.165) is 38.0 Å². The molecule has 1 aromatic rings. The molecule has 1 aliphatic carbocycles. The topological polar surface area (TPSA) is 26.8 Å². The maximum absolute atomic E-state index is 12.8. The maximum Gasteiger partial charge on any atom is 0.245 e. The van der Waals surface area contributed by atoms with E-state index in [-0.39, 0.29) is 11.9 Å². The summed E-state index contributed by atoms with van der Waals surface area (Å²) in [5.41, 5.74) is 3.18. The number of piperazine rings is 1. The van der Waals surface area contributed by atoms with Gasteiger partial charge in [0.1, 0.15) is 6.04 Å². The molecule has 1 atom stereocenters. The minimum absolute atomic E-state index is 0.0599. The summed E-state index contributed by atoms with van der Waals surface area (Å²) in [5, 5.41) is 0. The smallest absolute Gasteiger partial charge is 0.245 e. The Morgan fingerprint density at radius 3 is 2.36 bits per heavy atom. The maximum atomic E-state index is 12.8. The molecule has 156 valence electrons. The van der Waals surface area contributed by atoms with E-state index in [1.54, 1.807) is 0 Å². The molecular weight excluding hydrogens is 346 g/mol. The van der Waals surface area contributed by atoms with Gasteiger partial charge in [0.05, 0.1) is 0 Å². The first-order valence-electron chi connectivity index (χ1n) is 11.4. The van der Waals surface area contributed by atoms with Crippen molar-refractivity contribution in [3.63, 3.8) is 0 Å². The standard InChI is InChI=1S/C22H33N3O.C2H6/c1-18-5-3-6-20(17-18)25-16-15-24(21(26)19(25)2)12-4-11-23-13-9-22(7-8-22)10-14-23;1-2/h3,5-6,17,19H,4,7-16H2,1-2H3;1-2H3. The van der Waals surface area contributed by atoms with Crippen LogP contribution in [-0.2, 0) is 4.79 Å². The Balaban J connectivity index is 0.00000109. The van der Waals surface area contributed by atoms with Crippen LogP contribution < -0.4 is 4.90 Å². The Hall–Kier alpha value is -1.55. The molecule has 1 saturated carbocycles. The van der Waals surface area contributed by atoms with Crippen LogP contribution in [0.25, 0.3) is 0 Å². The van der Waals surface area contributed by atoms with Crippen LogP contribution in [0.3, 0.4) is 0 Å². The van der Waals surface area contributed by atoms with Crippen molar-refractivity contribution in [1.29, 1.82) is 0 Å². The van der Waals surface area contributed by atoms with Crippen molar-refractivity contribution in [1.82, 2.24) is 9.80 Å². The molecule has 2 saturated heterocycles. The summed E-state index contributed by atoms with van der Waals surface area (Å²) in [6.07, 6.45) is 6.85. The van der Waals surface area contributed by atoms with Gasteiger partial charge >= 0.3 is 0 Å². The Kier molecular flexibility index (Phi) is 7.03. The van der Waals surface area contributed by atoms with Crippen molar-refractivity contribution in [2.45, 2.75) is 65.8 Å². The summed E-state index contributed by atoms with van der Waals surface area (Å²) in [6.45, 7) is 14.5. The van der Waals surface area contributed by atoms with Crippen LogP contribution in [-0.4, -0.2) is 61.0 Å². The van der Waals surface area contributed by atoms with E-state index in [9.17, 15) is 4.79 Å². The van der Waals surface area contributed by atoms with Crippen molar-refractivity contribution < 1.29 is 4.79 Å². The van der Waals surface area contributed by atoms with Crippen LogP contribution in [0.5, 0.6) is 0 Å². The van der Waals surface area contributed by atoms with Gasteiger partial charge in [-0.25, -0.2) is 0 Å². The van der Waals surface area contributed by atoms with Crippen molar-refractivity contribution >= 4 is 11.6 Å². The molecule has 3 aliphatic rings. The molecule has 4 nitrogen and oxygen atoms in total. The van der Waals surface area contributed by atoms with Gasteiger partial charge in [0.25, 0.3) is 0 Å². The van der Waals surface area contributed by atoms with Crippen LogP contribution in [0.2, 0.25) is 0 Å². The number of carbonyl (C=O) groups excluding carboxylic acids is 1. The average Bonchev–Trinajstić information content (AvgIpc) is 3.47. The van der Waals surface area contributed by atoms with Gasteiger partial charge in [-0.3, -0.25) is 4.79 Å². The second kappa shape index (κ2) is 9.30. The van der Waals surface area contributed by atoms with Gasteiger partial charge in [-0.1, -0.05) is 26.0 Å². The third-order valence-corrected chi connectivity index (χ3v) is 6.86. The highest BCUT2D eigenvalue weighted by atomic mass is 16.2. The molecule has 2 heterocycles. The number of benzene rings is 1. The Bertz CT molecular complexity index is 645. The number of nitrogens with zero attached hydrogens (tertiary/aromatic N) is 3. The van der Waals surface area contributed by atoms with E-state index in [1.165, 1.54) is 50.0 Å². The number of hydrogen-bond acceptors (Lipinski definition) is 3. The molecule has 28 heavy (non-hydrogen) atoms. The fraction of sp³-hybridized carbons (Fsp3) is 0.708. The fourth-order valence-corrected chi connectivity index (χ4v) is 4.72. The predicted molar refractivity (Wildman–Crippen MR) is 118 cm³/mol. The van der Waals surface area contributed by atoms with E-state index < -0.39 is 0 Å². The molecule has 0 radical (unpaired) electrons. The highest BCUT2D eigenvalue weighted by molar-refractivity contribution is 5.86. The Morgan fingerprint density at radius 2 is 1.71 bits per heavy atom. The first kappa shape index (κ1) is 21.2. The Morgan fingerprint density at radius 1 is 1.00 bits per heavy atom. The zero-order chi connectivity index (χ0) is 20.1. The number of rotatable bonds is 5. The van der Waals surface area contributed by atoms with E-state index >= 15 is 0 Å². The van der Waals surface area contributed by atoms with Crippen LogP contribution in [0.15, 0.2) is 24.3 Å². The number of anilines is 1. The molecular formula is C24H39N3O. The van der Waals surface area contributed by atoms with Gasteiger partial charge in [-0.15, -0.1) is 0 Å². The van der Waals surface area contributed by atoms with Gasteiger partial charge in [0.2, 0.25) is 5.91 Å². The van der Waals surface area contributed by atoms with E-state index in [0.29, 0.717) is 0 Å². The number of piperidine rings is 1. The molecule has 0 aromatic heterocycles. The van der Waals surface area contributed by atoms with Gasteiger partial charge < -0.3 is 14.7 Å². The zero-order valence-electron chi connectivity index (χ0n) is 18.4. The molecule has 0 N–H and O–H groups in total. The summed E-state index contributed by atoms with van der Waals surface area (Å²) in [7, 11) is 0. The van der Waals surface area contributed by atoms with Crippen molar-refractivity contribution in [3.8, 4) is 0 Å². The highest BCUT2D eigenvalue weighted by Gasteiger charge is 2.44. The lowest BCUT2D eigenvalue weighted by Gasteiger charge is -2.41. The predicted octanol–water partition coefficient (Wildman–Crippen LogP) is 4.32. The lowest BCUT2D eigenvalue weighted by Crippen LogP contribution is -2.56. The lowest BCUT2D eigenvalue weighted by atomic mass is 9.94. The summed E-state index contributed by atoms with van der Waals surface area (Å²) < 4.78 is 0. The lowest BCUT2D eigenvalue weighted by molar-refractivity contribution is -0.134. The fourth-order valence-electron chi connectivity index (χ4n) is 4.72. The van der Waals surface area contributed by atoms with Gasteiger partial charge in [0, 0.05) is 25.3 Å². The van der Waals surface area contributed by atoms with Crippen LogP contribution in [0, 0.1) is 12.3 Å². The zero-order valence-corrected chi connectivity index (χ0v) is 18.4. The van der Waals surface area contributed by atoms with E-state index in [1.807, 2.05) is 13.8 Å². The number of aryl methyl sites for hydroxylation is 1. The molecule has 2 aliphatic heterocycles. The second-order valence-corrected chi connectivity index (χ2v) is 8.73. The van der Waals surface area contributed by atoms with Gasteiger partial charge in [-0.2, -0.15) is 0 Å². The number of carbonyl (C=O) groups is 1. The third kappa shape index (κ3) is 4.89. The van der Waals surface area contributed by atoms with E-state index in [2.05, 4.69) is 52.8 Å². The van der Waals surface area contributed by atoms with Crippen LogP contribution in [0.1, 0.15) is 58.4 Å². The SMILES string of the molecule is CC.Cc1cccc(N2CCN(CCCN3CCC4(CC3)CC4)C(=O)C2C)c1. The largest absolute Gasteiger partial charge is 0.358 e. The van der Waals surface area contributed by atoms with Crippen molar-refractivity contribution in [3.05, 3.63) is 29.8 Å². The number of likely N-dealkylation sites (tertiary alicyclic amines) is 1. The number of hydrogen-bond donors (Lipinski definition) is 0. The third-order valence-electron chi connectivity index (χ3n) is 6.86. The molecule has 1 aromatic carbocycles. The molecule has 1 unspecified atom stereocenters. The molecule has 4 heteroatoms. The minimum Gasteiger partial charge on any atom is -0.358 e. The molecule has 1 amide bonds. The van der Waals surface area contributed by atoms with E-state index in [4.69, 9.17) is 0 Å². The average molecular weight is 386 g/mol. The molecule has 0 bridgehead atoms. The summed E-state index contributed by atoms with van der Waals surface area (Å²) >= 11 is 0.